The van der Waals surface area contributed by atoms with Gasteiger partial charge in [-0.3, -0.25) is 4.79 Å². The van der Waals surface area contributed by atoms with E-state index in [9.17, 15) is 4.79 Å². The standard InChI is InChI=1S/C17H26N2O2/c1-12(2)11-21-15-9-7-14(8-10-15)19-17(20)16-6-4-5-13(3)18-16/h7-10,12-13,16,18H,4-6,11H2,1-3H3,(H,19,20). The summed E-state index contributed by atoms with van der Waals surface area (Å²) in [6.45, 7) is 7.06. The van der Waals surface area contributed by atoms with Crippen LogP contribution in [0.15, 0.2) is 24.3 Å². The second kappa shape index (κ2) is 7.46. The van der Waals surface area contributed by atoms with E-state index < -0.39 is 0 Å². The van der Waals surface area contributed by atoms with Crippen molar-refractivity contribution in [2.45, 2.75) is 52.1 Å². The Hall–Kier alpha value is -1.55. The van der Waals surface area contributed by atoms with Crippen LogP contribution in [0.2, 0.25) is 0 Å². The van der Waals surface area contributed by atoms with Gasteiger partial charge in [0.05, 0.1) is 12.6 Å². The molecule has 21 heavy (non-hydrogen) atoms. The van der Waals surface area contributed by atoms with Gasteiger partial charge in [-0.25, -0.2) is 0 Å². The van der Waals surface area contributed by atoms with Crippen molar-refractivity contribution in [1.82, 2.24) is 5.32 Å². The van der Waals surface area contributed by atoms with Crippen molar-refractivity contribution in [3.63, 3.8) is 0 Å². The Morgan fingerprint density at radius 3 is 2.67 bits per heavy atom. The first-order chi connectivity index (χ1) is 10.0. The molecule has 1 aromatic rings. The van der Waals surface area contributed by atoms with Crippen LogP contribution in [-0.2, 0) is 4.79 Å². The molecule has 0 saturated carbocycles. The van der Waals surface area contributed by atoms with Gasteiger partial charge < -0.3 is 15.4 Å². The summed E-state index contributed by atoms with van der Waals surface area (Å²) in [4.78, 5) is 12.2. The molecular formula is C17H26N2O2. The molecule has 0 spiro atoms. The summed E-state index contributed by atoms with van der Waals surface area (Å²) >= 11 is 0. The van der Waals surface area contributed by atoms with Gasteiger partial charge in [-0.05, 0) is 56.4 Å². The van der Waals surface area contributed by atoms with E-state index in [2.05, 4.69) is 31.4 Å². The normalized spacial score (nSPS) is 22.1. The van der Waals surface area contributed by atoms with E-state index in [1.807, 2.05) is 24.3 Å². The predicted octanol–water partition coefficient (Wildman–Crippen LogP) is 3.19. The Morgan fingerprint density at radius 1 is 1.33 bits per heavy atom. The van der Waals surface area contributed by atoms with Crippen LogP contribution < -0.4 is 15.4 Å². The van der Waals surface area contributed by atoms with Crippen LogP contribution in [-0.4, -0.2) is 24.6 Å². The highest BCUT2D eigenvalue weighted by atomic mass is 16.5. The zero-order valence-electron chi connectivity index (χ0n) is 13.2. The zero-order chi connectivity index (χ0) is 15.2. The first-order valence-corrected chi connectivity index (χ1v) is 7.84. The average Bonchev–Trinajstić information content (AvgIpc) is 2.46. The first kappa shape index (κ1) is 15.8. The second-order valence-corrected chi connectivity index (χ2v) is 6.27. The second-order valence-electron chi connectivity index (χ2n) is 6.27. The lowest BCUT2D eigenvalue weighted by Crippen LogP contribution is -2.47. The molecule has 1 amide bonds. The van der Waals surface area contributed by atoms with E-state index in [-0.39, 0.29) is 11.9 Å². The summed E-state index contributed by atoms with van der Waals surface area (Å²) in [7, 11) is 0. The molecule has 2 atom stereocenters. The number of hydrogen-bond acceptors (Lipinski definition) is 3. The van der Waals surface area contributed by atoms with E-state index in [0.29, 0.717) is 18.6 Å². The highest BCUT2D eigenvalue weighted by molar-refractivity contribution is 5.94. The maximum atomic E-state index is 12.2. The van der Waals surface area contributed by atoms with Crippen molar-refractivity contribution in [2.75, 3.05) is 11.9 Å². The molecule has 1 saturated heterocycles. The largest absolute Gasteiger partial charge is 0.493 e. The third kappa shape index (κ3) is 5.05. The van der Waals surface area contributed by atoms with Gasteiger partial charge in [-0.1, -0.05) is 13.8 Å². The number of carbonyl (C=O) groups excluding carboxylic acids is 1. The molecular weight excluding hydrogens is 264 g/mol. The molecule has 0 radical (unpaired) electrons. The third-order valence-electron chi connectivity index (χ3n) is 3.64. The topological polar surface area (TPSA) is 50.4 Å². The number of benzene rings is 1. The number of amides is 1. The SMILES string of the molecule is CC(C)COc1ccc(NC(=O)C2CCCC(C)N2)cc1. The minimum absolute atomic E-state index is 0.0531. The molecule has 0 bridgehead atoms. The minimum atomic E-state index is -0.0781. The minimum Gasteiger partial charge on any atom is -0.493 e. The van der Waals surface area contributed by atoms with Crippen LogP contribution in [0.4, 0.5) is 5.69 Å². The van der Waals surface area contributed by atoms with Gasteiger partial charge in [0.1, 0.15) is 5.75 Å². The van der Waals surface area contributed by atoms with Crippen LogP contribution in [0.3, 0.4) is 0 Å². The Bertz CT molecular complexity index is 456. The molecule has 4 nitrogen and oxygen atoms in total. The van der Waals surface area contributed by atoms with Crippen molar-refractivity contribution in [1.29, 1.82) is 0 Å². The fourth-order valence-corrected chi connectivity index (χ4v) is 2.47. The first-order valence-electron chi connectivity index (χ1n) is 7.84. The van der Waals surface area contributed by atoms with Crippen LogP contribution in [0.25, 0.3) is 0 Å². The van der Waals surface area contributed by atoms with Crippen molar-refractivity contribution >= 4 is 11.6 Å². The number of rotatable bonds is 5. The molecule has 0 aliphatic carbocycles. The summed E-state index contributed by atoms with van der Waals surface area (Å²) in [5.41, 5.74) is 0.817. The number of hydrogen-bond donors (Lipinski definition) is 2. The number of nitrogens with one attached hydrogen (secondary N) is 2. The van der Waals surface area contributed by atoms with Gasteiger partial charge in [0.2, 0.25) is 5.91 Å². The Kier molecular flexibility index (Phi) is 5.62. The fourth-order valence-electron chi connectivity index (χ4n) is 2.47. The number of carbonyl (C=O) groups is 1. The third-order valence-corrected chi connectivity index (χ3v) is 3.64. The Morgan fingerprint density at radius 2 is 2.05 bits per heavy atom. The van der Waals surface area contributed by atoms with Gasteiger partial charge in [0.15, 0.2) is 0 Å². The Labute approximate surface area is 127 Å². The van der Waals surface area contributed by atoms with E-state index in [0.717, 1.165) is 30.7 Å². The van der Waals surface area contributed by atoms with Crippen LogP contribution >= 0.6 is 0 Å². The Balaban J connectivity index is 1.86. The van der Waals surface area contributed by atoms with Crippen LogP contribution in [0.1, 0.15) is 40.0 Å². The maximum Gasteiger partial charge on any atom is 0.241 e. The van der Waals surface area contributed by atoms with Gasteiger partial charge in [-0.15, -0.1) is 0 Å². The van der Waals surface area contributed by atoms with Gasteiger partial charge in [-0.2, -0.15) is 0 Å². The predicted molar refractivity (Wildman–Crippen MR) is 85.6 cm³/mol. The molecule has 1 fully saturated rings. The lowest BCUT2D eigenvalue weighted by atomic mass is 9.99. The summed E-state index contributed by atoms with van der Waals surface area (Å²) in [6.07, 6.45) is 3.16. The molecule has 2 N–H and O–H groups in total. The lowest BCUT2D eigenvalue weighted by molar-refractivity contribution is -0.118. The smallest absolute Gasteiger partial charge is 0.241 e. The lowest BCUT2D eigenvalue weighted by Gasteiger charge is -2.27. The fraction of sp³-hybridized carbons (Fsp3) is 0.588. The summed E-state index contributed by atoms with van der Waals surface area (Å²) in [5.74, 6) is 1.40. The van der Waals surface area contributed by atoms with Crippen molar-refractivity contribution in [3.8, 4) is 5.75 Å². The van der Waals surface area contributed by atoms with Crippen molar-refractivity contribution in [3.05, 3.63) is 24.3 Å². The number of anilines is 1. The maximum absolute atomic E-state index is 12.2. The molecule has 2 unspecified atom stereocenters. The number of piperidine rings is 1. The molecule has 0 aromatic heterocycles. The molecule has 2 rings (SSSR count). The van der Waals surface area contributed by atoms with Gasteiger partial charge in [0.25, 0.3) is 0 Å². The van der Waals surface area contributed by atoms with Crippen molar-refractivity contribution in [2.24, 2.45) is 5.92 Å². The van der Waals surface area contributed by atoms with E-state index in [1.54, 1.807) is 0 Å². The summed E-state index contributed by atoms with van der Waals surface area (Å²) in [6, 6.07) is 7.91. The van der Waals surface area contributed by atoms with E-state index >= 15 is 0 Å². The quantitative estimate of drug-likeness (QED) is 0.875. The van der Waals surface area contributed by atoms with E-state index in [4.69, 9.17) is 4.74 Å². The molecule has 1 aliphatic heterocycles. The molecule has 4 heteroatoms. The highest BCUT2D eigenvalue weighted by Crippen LogP contribution is 2.18. The zero-order valence-corrected chi connectivity index (χ0v) is 13.2. The average molecular weight is 290 g/mol. The van der Waals surface area contributed by atoms with Crippen molar-refractivity contribution < 1.29 is 9.53 Å². The summed E-state index contributed by atoms with van der Waals surface area (Å²) in [5, 5.41) is 6.31. The van der Waals surface area contributed by atoms with Gasteiger partial charge in [0, 0.05) is 11.7 Å². The molecule has 1 aromatic carbocycles. The van der Waals surface area contributed by atoms with Crippen LogP contribution in [0, 0.1) is 5.92 Å². The van der Waals surface area contributed by atoms with Gasteiger partial charge >= 0.3 is 0 Å². The van der Waals surface area contributed by atoms with E-state index in [1.165, 1.54) is 0 Å². The molecule has 116 valence electrons. The highest BCUT2D eigenvalue weighted by Gasteiger charge is 2.23. The summed E-state index contributed by atoms with van der Waals surface area (Å²) < 4.78 is 5.63. The van der Waals surface area contributed by atoms with Crippen LogP contribution in [0.5, 0.6) is 5.75 Å². The molecule has 1 aliphatic rings. The number of ether oxygens (including phenoxy) is 1. The monoisotopic (exact) mass is 290 g/mol. The molecule has 1 heterocycles.